The third-order valence-electron chi connectivity index (χ3n) is 5.74. The Morgan fingerprint density at radius 2 is 1.77 bits per heavy atom. The van der Waals surface area contributed by atoms with Gasteiger partial charge in [-0.15, -0.1) is 0 Å². The third-order valence-corrected chi connectivity index (χ3v) is 8.30. The number of rotatable bonds is 6. The SMILES string of the molecule is Cc1ccc(N2CCN(Cc3cc(F)c(C(=O)NS(=O)(=O)C4CC4)cc3Br)CC2)cc1. The molecule has 1 aliphatic heterocycles. The minimum absolute atomic E-state index is 0.274. The van der Waals surface area contributed by atoms with Gasteiger partial charge < -0.3 is 4.90 Å². The fourth-order valence-corrected chi connectivity index (χ4v) is 5.45. The summed E-state index contributed by atoms with van der Waals surface area (Å²) in [6, 6.07) is 11.2. The predicted octanol–water partition coefficient (Wildman–Crippen LogP) is 3.44. The molecule has 0 aromatic heterocycles. The summed E-state index contributed by atoms with van der Waals surface area (Å²) in [4.78, 5) is 16.9. The lowest BCUT2D eigenvalue weighted by molar-refractivity contribution is 0.0977. The molecule has 0 radical (unpaired) electrons. The second-order valence-electron chi connectivity index (χ2n) is 8.20. The van der Waals surface area contributed by atoms with Crippen LogP contribution in [0.25, 0.3) is 0 Å². The normalized spacial score (nSPS) is 17.6. The van der Waals surface area contributed by atoms with Crippen molar-refractivity contribution in [2.45, 2.75) is 31.6 Å². The number of hydrogen-bond donors (Lipinski definition) is 1. The molecule has 1 aliphatic carbocycles. The van der Waals surface area contributed by atoms with Crippen molar-refractivity contribution in [3.05, 3.63) is 63.4 Å². The maximum absolute atomic E-state index is 14.6. The molecule has 1 amide bonds. The molecule has 1 heterocycles. The van der Waals surface area contributed by atoms with Crippen molar-refractivity contribution in [1.29, 1.82) is 0 Å². The van der Waals surface area contributed by atoms with Gasteiger partial charge in [0.2, 0.25) is 10.0 Å². The zero-order chi connectivity index (χ0) is 22.2. The van der Waals surface area contributed by atoms with Crippen LogP contribution in [0, 0.1) is 12.7 Å². The molecule has 166 valence electrons. The van der Waals surface area contributed by atoms with Crippen LogP contribution in [0.15, 0.2) is 40.9 Å². The van der Waals surface area contributed by atoms with Gasteiger partial charge in [-0.05, 0) is 49.6 Å². The Hall–Kier alpha value is -1.97. The number of sulfonamides is 1. The van der Waals surface area contributed by atoms with Crippen molar-refractivity contribution in [2.75, 3.05) is 31.1 Å². The number of hydrogen-bond acceptors (Lipinski definition) is 5. The number of piperazine rings is 1. The molecule has 2 fully saturated rings. The van der Waals surface area contributed by atoms with E-state index in [2.05, 4.69) is 56.9 Å². The minimum atomic E-state index is -3.72. The number of nitrogens with one attached hydrogen (secondary N) is 1. The van der Waals surface area contributed by atoms with Crippen molar-refractivity contribution >= 4 is 37.5 Å². The molecule has 9 heteroatoms. The summed E-state index contributed by atoms with van der Waals surface area (Å²) >= 11 is 3.42. The van der Waals surface area contributed by atoms with Crippen LogP contribution < -0.4 is 9.62 Å². The summed E-state index contributed by atoms with van der Waals surface area (Å²) in [5.41, 5.74) is 2.89. The quantitative estimate of drug-likeness (QED) is 0.645. The number of anilines is 1. The first-order chi connectivity index (χ1) is 14.7. The lowest BCUT2D eigenvalue weighted by Crippen LogP contribution is -2.46. The average Bonchev–Trinajstić information content (AvgIpc) is 3.57. The second-order valence-corrected chi connectivity index (χ2v) is 11.0. The largest absolute Gasteiger partial charge is 0.369 e. The van der Waals surface area contributed by atoms with Crippen molar-refractivity contribution in [3.63, 3.8) is 0 Å². The molecule has 0 spiro atoms. The zero-order valence-corrected chi connectivity index (χ0v) is 19.7. The highest BCUT2D eigenvalue weighted by molar-refractivity contribution is 9.10. The first kappa shape index (κ1) is 22.2. The molecule has 0 atom stereocenters. The molecule has 0 unspecified atom stereocenters. The Balaban J connectivity index is 1.38. The highest BCUT2D eigenvalue weighted by atomic mass is 79.9. The van der Waals surface area contributed by atoms with Gasteiger partial charge in [0.15, 0.2) is 0 Å². The second kappa shape index (κ2) is 8.88. The molecule has 1 saturated heterocycles. The molecule has 1 N–H and O–H groups in total. The Bertz CT molecular complexity index is 1080. The molecule has 1 saturated carbocycles. The van der Waals surface area contributed by atoms with Crippen LogP contribution in [0.3, 0.4) is 0 Å². The van der Waals surface area contributed by atoms with Gasteiger partial charge in [-0.25, -0.2) is 17.5 Å². The summed E-state index contributed by atoms with van der Waals surface area (Å²) in [5, 5.41) is -0.541. The first-order valence-electron chi connectivity index (χ1n) is 10.3. The Labute approximate surface area is 190 Å². The zero-order valence-electron chi connectivity index (χ0n) is 17.3. The summed E-state index contributed by atoms with van der Waals surface area (Å²) < 4.78 is 41.2. The van der Waals surface area contributed by atoms with E-state index in [-0.39, 0.29) is 5.56 Å². The molecule has 2 aromatic rings. The molecule has 2 aromatic carbocycles. The molecule has 0 bridgehead atoms. The van der Waals surface area contributed by atoms with Crippen LogP contribution in [-0.4, -0.2) is 50.7 Å². The predicted molar refractivity (Wildman–Crippen MR) is 122 cm³/mol. The summed E-state index contributed by atoms with van der Waals surface area (Å²) in [7, 11) is -3.72. The number of benzene rings is 2. The standard InChI is InChI=1S/C22H25BrFN3O3S/c1-15-2-4-17(5-3-15)27-10-8-26(9-11-27)14-16-12-21(24)19(13-20(16)23)22(28)25-31(29,30)18-6-7-18/h2-5,12-13,18H,6-11,14H2,1H3,(H,25,28). The van der Waals surface area contributed by atoms with Crippen molar-refractivity contribution in [2.24, 2.45) is 0 Å². The number of carbonyl (C=O) groups is 1. The van der Waals surface area contributed by atoms with E-state index >= 15 is 0 Å². The fraction of sp³-hybridized carbons (Fsp3) is 0.409. The van der Waals surface area contributed by atoms with E-state index in [4.69, 9.17) is 0 Å². The lowest BCUT2D eigenvalue weighted by Gasteiger charge is -2.36. The van der Waals surface area contributed by atoms with E-state index in [0.717, 1.165) is 31.7 Å². The van der Waals surface area contributed by atoms with E-state index in [9.17, 15) is 17.6 Å². The van der Waals surface area contributed by atoms with Crippen LogP contribution >= 0.6 is 15.9 Å². The number of carbonyl (C=O) groups excluding carboxylic acids is 1. The van der Waals surface area contributed by atoms with Gasteiger partial charge in [-0.2, -0.15) is 0 Å². The van der Waals surface area contributed by atoms with Crippen molar-refractivity contribution in [1.82, 2.24) is 9.62 Å². The van der Waals surface area contributed by atoms with Gasteiger partial charge in [-0.1, -0.05) is 33.6 Å². The molecular formula is C22H25BrFN3O3S. The molecular weight excluding hydrogens is 485 g/mol. The number of aryl methyl sites for hydroxylation is 1. The molecule has 2 aliphatic rings. The van der Waals surface area contributed by atoms with Gasteiger partial charge in [0.1, 0.15) is 5.82 Å². The van der Waals surface area contributed by atoms with Crippen LogP contribution in [0.2, 0.25) is 0 Å². The number of amides is 1. The highest BCUT2D eigenvalue weighted by Gasteiger charge is 2.37. The van der Waals surface area contributed by atoms with Crippen LogP contribution in [0.5, 0.6) is 0 Å². The van der Waals surface area contributed by atoms with E-state index in [1.807, 2.05) is 4.72 Å². The third kappa shape index (κ3) is 5.27. The first-order valence-corrected chi connectivity index (χ1v) is 12.6. The maximum atomic E-state index is 14.6. The monoisotopic (exact) mass is 509 g/mol. The van der Waals surface area contributed by atoms with Gasteiger partial charge >= 0.3 is 0 Å². The van der Waals surface area contributed by atoms with Crippen LogP contribution in [0.1, 0.15) is 34.3 Å². The van der Waals surface area contributed by atoms with Crippen LogP contribution in [-0.2, 0) is 16.6 Å². The summed E-state index contributed by atoms with van der Waals surface area (Å²) in [6.07, 6.45) is 1.07. The van der Waals surface area contributed by atoms with Crippen LogP contribution in [0.4, 0.5) is 10.1 Å². The minimum Gasteiger partial charge on any atom is -0.369 e. The fourth-order valence-electron chi connectivity index (χ4n) is 3.69. The van der Waals surface area contributed by atoms with E-state index in [1.54, 1.807) is 0 Å². The Morgan fingerprint density at radius 3 is 2.39 bits per heavy atom. The molecule has 4 rings (SSSR count). The Kier molecular flexibility index (Phi) is 6.37. The average molecular weight is 510 g/mol. The number of nitrogens with zero attached hydrogens (tertiary/aromatic N) is 2. The molecule has 31 heavy (non-hydrogen) atoms. The van der Waals surface area contributed by atoms with Gasteiger partial charge in [0.05, 0.1) is 10.8 Å². The van der Waals surface area contributed by atoms with E-state index in [0.29, 0.717) is 23.9 Å². The van der Waals surface area contributed by atoms with E-state index < -0.39 is 27.0 Å². The Morgan fingerprint density at radius 1 is 1.13 bits per heavy atom. The smallest absolute Gasteiger partial charge is 0.267 e. The summed E-state index contributed by atoms with van der Waals surface area (Å²) in [6.45, 7) is 6.04. The van der Waals surface area contributed by atoms with E-state index in [1.165, 1.54) is 23.4 Å². The van der Waals surface area contributed by atoms with Crippen molar-refractivity contribution in [3.8, 4) is 0 Å². The van der Waals surface area contributed by atoms with Gasteiger partial charge in [0, 0.05) is 42.9 Å². The lowest BCUT2D eigenvalue weighted by atomic mass is 10.1. The topological polar surface area (TPSA) is 69.7 Å². The van der Waals surface area contributed by atoms with Crippen molar-refractivity contribution < 1.29 is 17.6 Å². The maximum Gasteiger partial charge on any atom is 0.267 e. The van der Waals surface area contributed by atoms with Gasteiger partial charge in [-0.3, -0.25) is 9.69 Å². The molecule has 6 nitrogen and oxygen atoms in total. The summed E-state index contributed by atoms with van der Waals surface area (Å²) in [5.74, 6) is -1.65. The highest BCUT2D eigenvalue weighted by Crippen LogP contribution is 2.28. The number of halogens is 2. The van der Waals surface area contributed by atoms with Gasteiger partial charge in [0.25, 0.3) is 5.91 Å².